The number of rotatable bonds is 14. The van der Waals surface area contributed by atoms with Crippen LogP contribution < -0.4 is 5.32 Å². The highest BCUT2D eigenvalue weighted by molar-refractivity contribution is 7.98. The van der Waals surface area contributed by atoms with E-state index in [1.54, 1.807) is 0 Å². The summed E-state index contributed by atoms with van der Waals surface area (Å²) in [5.74, 6) is 1.24. The van der Waals surface area contributed by atoms with Gasteiger partial charge in [-0.05, 0) is 57.7 Å². The number of nitrogens with one attached hydrogen (secondary N) is 1. The van der Waals surface area contributed by atoms with Gasteiger partial charge in [-0.1, -0.05) is 19.3 Å². The number of esters is 1. The molecule has 0 saturated heterocycles. The van der Waals surface area contributed by atoms with Gasteiger partial charge in [0.05, 0.1) is 6.61 Å². The van der Waals surface area contributed by atoms with E-state index in [-0.39, 0.29) is 5.97 Å². The van der Waals surface area contributed by atoms with Gasteiger partial charge in [0.1, 0.15) is 0 Å². The van der Waals surface area contributed by atoms with Crippen molar-refractivity contribution in [3.8, 4) is 0 Å². The standard InChI is InChI=1S/C15H31NO2S/c1-3-18-15(17)11-7-6-9-13-16-12-8-4-5-10-14-19-2/h16H,3-14H2,1-2H3. The lowest BCUT2D eigenvalue weighted by atomic mass is 10.2. The van der Waals surface area contributed by atoms with Crippen molar-refractivity contribution >= 4 is 17.7 Å². The van der Waals surface area contributed by atoms with Gasteiger partial charge in [0.25, 0.3) is 0 Å². The van der Waals surface area contributed by atoms with E-state index in [1.165, 1.54) is 31.4 Å². The van der Waals surface area contributed by atoms with E-state index < -0.39 is 0 Å². The molecule has 3 nitrogen and oxygen atoms in total. The molecule has 0 radical (unpaired) electrons. The average Bonchev–Trinajstić information content (AvgIpc) is 2.40. The van der Waals surface area contributed by atoms with Crippen molar-refractivity contribution in [3.63, 3.8) is 0 Å². The highest BCUT2D eigenvalue weighted by Crippen LogP contribution is 2.04. The molecule has 0 aromatic heterocycles. The van der Waals surface area contributed by atoms with E-state index in [1.807, 2.05) is 18.7 Å². The van der Waals surface area contributed by atoms with E-state index in [4.69, 9.17) is 4.74 Å². The van der Waals surface area contributed by atoms with Crippen molar-refractivity contribution in [3.05, 3.63) is 0 Å². The number of carbonyl (C=O) groups excluding carboxylic acids is 1. The van der Waals surface area contributed by atoms with E-state index in [9.17, 15) is 4.79 Å². The van der Waals surface area contributed by atoms with Gasteiger partial charge in [0.15, 0.2) is 0 Å². The molecule has 1 N–H and O–H groups in total. The first-order valence-corrected chi connectivity index (χ1v) is 9.06. The molecule has 0 aliphatic carbocycles. The third-order valence-electron chi connectivity index (χ3n) is 2.99. The predicted octanol–water partition coefficient (Wildman–Crippen LogP) is 3.62. The summed E-state index contributed by atoms with van der Waals surface area (Å²) in [5.41, 5.74) is 0. The summed E-state index contributed by atoms with van der Waals surface area (Å²) in [6.07, 6.45) is 11.3. The molecule has 19 heavy (non-hydrogen) atoms. The Morgan fingerprint density at radius 1 is 1.00 bits per heavy atom. The molecule has 4 heteroatoms. The summed E-state index contributed by atoms with van der Waals surface area (Å²) in [7, 11) is 0. The van der Waals surface area contributed by atoms with Gasteiger partial charge in [-0.25, -0.2) is 0 Å². The third kappa shape index (κ3) is 15.7. The van der Waals surface area contributed by atoms with Crippen LogP contribution in [0, 0.1) is 0 Å². The summed E-state index contributed by atoms with van der Waals surface area (Å²) in [5, 5.41) is 3.47. The third-order valence-corrected chi connectivity index (χ3v) is 3.69. The highest BCUT2D eigenvalue weighted by atomic mass is 32.2. The molecule has 0 saturated carbocycles. The molecule has 0 amide bonds. The van der Waals surface area contributed by atoms with Gasteiger partial charge in [-0.2, -0.15) is 11.8 Å². The van der Waals surface area contributed by atoms with Crippen molar-refractivity contribution in [1.82, 2.24) is 5.32 Å². The Hall–Kier alpha value is -0.220. The number of hydrogen-bond donors (Lipinski definition) is 1. The maximum absolute atomic E-state index is 11.1. The van der Waals surface area contributed by atoms with Crippen LogP contribution >= 0.6 is 11.8 Å². The number of unbranched alkanes of at least 4 members (excludes halogenated alkanes) is 5. The minimum Gasteiger partial charge on any atom is -0.466 e. The molecule has 0 unspecified atom stereocenters. The molecule has 0 aliphatic heterocycles. The maximum atomic E-state index is 11.1. The van der Waals surface area contributed by atoms with Crippen LogP contribution in [0.3, 0.4) is 0 Å². The van der Waals surface area contributed by atoms with Crippen molar-refractivity contribution in [2.24, 2.45) is 0 Å². The van der Waals surface area contributed by atoms with Crippen LogP contribution in [0.5, 0.6) is 0 Å². The zero-order valence-electron chi connectivity index (χ0n) is 12.7. The molecular formula is C15H31NO2S. The molecule has 0 bridgehead atoms. The van der Waals surface area contributed by atoms with Crippen LogP contribution in [0.4, 0.5) is 0 Å². The van der Waals surface area contributed by atoms with Crippen LogP contribution in [0.2, 0.25) is 0 Å². The summed E-state index contributed by atoms with van der Waals surface area (Å²) < 4.78 is 4.89. The second-order valence-corrected chi connectivity index (χ2v) is 5.76. The molecule has 114 valence electrons. The van der Waals surface area contributed by atoms with Crippen molar-refractivity contribution in [2.45, 2.75) is 58.3 Å². The summed E-state index contributed by atoms with van der Waals surface area (Å²) >= 11 is 1.94. The summed E-state index contributed by atoms with van der Waals surface area (Å²) in [6.45, 7) is 4.56. The van der Waals surface area contributed by atoms with Crippen molar-refractivity contribution in [1.29, 1.82) is 0 Å². The van der Waals surface area contributed by atoms with Crippen LogP contribution in [0.1, 0.15) is 58.3 Å². The Bertz CT molecular complexity index is 201. The average molecular weight is 289 g/mol. The van der Waals surface area contributed by atoms with E-state index in [2.05, 4.69) is 11.6 Å². The van der Waals surface area contributed by atoms with Gasteiger partial charge in [-0.15, -0.1) is 0 Å². The molecular weight excluding hydrogens is 258 g/mol. The number of thioether (sulfide) groups is 1. The van der Waals surface area contributed by atoms with Crippen LogP contribution in [-0.2, 0) is 9.53 Å². The first-order chi connectivity index (χ1) is 9.31. The molecule has 0 aliphatic rings. The second-order valence-electron chi connectivity index (χ2n) is 4.77. The molecule has 0 fully saturated rings. The minimum absolute atomic E-state index is 0.0549. The zero-order valence-corrected chi connectivity index (χ0v) is 13.5. The van der Waals surface area contributed by atoms with E-state index in [0.29, 0.717) is 13.0 Å². The molecule has 0 aromatic carbocycles. The number of ether oxygens (including phenoxy) is 1. The molecule has 0 rings (SSSR count). The SMILES string of the molecule is CCOC(=O)CCCCCNCCCCCCSC. The van der Waals surface area contributed by atoms with E-state index in [0.717, 1.165) is 32.4 Å². The topological polar surface area (TPSA) is 38.3 Å². The minimum atomic E-state index is -0.0549. The van der Waals surface area contributed by atoms with Crippen molar-refractivity contribution < 1.29 is 9.53 Å². The largest absolute Gasteiger partial charge is 0.466 e. The Morgan fingerprint density at radius 2 is 1.63 bits per heavy atom. The smallest absolute Gasteiger partial charge is 0.305 e. The quantitative estimate of drug-likeness (QED) is 0.391. The first-order valence-electron chi connectivity index (χ1n) is 7.66. The van der Waals surface area contributed by atoms with Gasteiger partial charge in [0.2, 0.25) is 0 Å². The summed E-state index contributed by atoms with van der Waals surface area (Å²) in [6, 6.07) is 0. The maximum Gasteiger partial charge on any atom is 0.305 e. The second kappa shape index (κ2) is 15.8. The predicted molar refractivity (Wildman–Crippen MR) is 84.8 cm³/mol. The van der Waals surface area contributed by atoms with Crippen LogP contribution in [0.15, 0.2) is 0 Å². The highest BCUT2D eigenvalue weighted by Gasteiger charge is 2.00. The van der Waals surface area contributed by atoms with Crippen LogP contribution in [-0.4, -0.2) is 37.7 Å². The van der Waals surface area contributed by atoms with Gasteiger partial charge in [-0.3, -0.25) is 4.79 Å². The normalized spacial score (nSPS) is 10.6. The Balaban J connectivity index is 3.01. The fourth-order valence-corrected chi connectivity index (χ4v) is 2.40. The fraction of sp³-hybridized carbons (Fsp3) is 0.933. The zero-order chi connectivity index (χ0) is 14.2. The lowest BCUT2D eigenvalue weighted by Crippen LogP contribution is -2.16. The Morgan fingerprint density at radius 3 is 2.26 bits per heavy atom. The molecule has 0 aromatic rings. The molecule has 0 atom stereocenters. The lowest BCUT2D eigenvalue weighted by molar-refractivity contribution is -0.143. The number of hydrogen-bond acceptors (Lipinski definition) is 4. The van der Waals surface area contributed by atoms with Gasteiger partial charge >= 0.3 is 5.97 Å². The van der Waals surface area contributed by atoms with Crippen LogP contribution in [0.25, 0.3) is 0 Å². The Labute approximate surface area is 123 Å². The monoisotopic (exact) mass is 289 g/mol. The first kappa shape index (κ1) is 18.8. The molecule has 0 heterocycles. The van der Waals surface area contributed by atoms with Gasteiger partial charge in [0, 0.05) is 6.42 Å². The fourth-order valence-electron chi connectivity index (χ4n) is 1.90. The summed E-state index contributed by atoms with van der Waals surface area (Å²) in [4.78, 5) is 11.1. The number of carbonyl (C=O) groups is 1. The van der Waals surface area contributed by atoms with Crippen molar-refractivity contribution in [2.75, 3.05) is 31.7 Å². The Kier molecular flexibility index (Phi) is 15.7. The van der Waals surface area contributed by atoms with E-state index >= 15 is 0 Å². The lowest BCUT2D eigenvalue weighted by Gasteiger charge is -2.05. The van der Waals surface area contributed by atoms with Gasteiger partial charge < -0.3 is 10.1 Å². The molecule has 0 spiro atoms.